The maximum atomic E-state index is 10.3. The fraction of sp³-hybridized carbons (Fsp3) is 0.222. The summed E-state index contributed by atoms with van der Waals surface area (Å²) in [6.45, 7) is 1.81. The number of anilines is 1. The number of para-hydroxylation sites is 1. The van der Waals surface area contributed by atoms with E-state index in [4.69, 9.17) is 0 Å². The largest absolute Gasteiger partial charge is 0.494 e. The number of benzene rings is 1. The molecule has 0 aliphatic carbocycles. The topological polar surface area (TPSA) is 94.1 Å². The Balaban J connectivity index is 1.70. The van der Waals surface area contributed by atoms with E-state index in [1.54, 1.807) is 0 Å². The average molecular weight is 337 g/mol. The maximum Gasteiger partial charge on any atom is 0.347 e. The van der Waals surface area contributed by atoms with Crippen LogP contribution in [0.15, 0.2) is 36.5 Å². The lowest BCUT2D eigenvalue weighted by Gasteiger charge is -2.10. The number of rotatable bonds is 5. The molecule has 0 radical (unpaired) electrons. The van der Waals surface area contributed by atoms with Crippen LogP contribution in [0.4, 0.5) is 5.69 Å². The Morgan fingerprint density at radius 1 is 1.20 bits per heavy atom. The number of aromatic amines is 3. The molecule has 0 aliphatic rings. The monoisotopic (exact) mass is 337 g/mol. The van der Waals surface area contributed by atoms with Gasteiger partial charge in [0.05, 0.1) is 5.69 Å². The van der Waals surface area contributed by atoms with Gasteiger partial charge in [-0.25, -0.2) is 4.98 Å². The van der Waals surface area contributed by atoms with Gasteiger partial charge in [-0.05, 0) is 31.2 Å². The molecule has 7 nitrogen and oxygen atoms in total. The molecular weight excluding hydrogens is 316 g/mol. The number of likely N-dealkylation sites (N-methyl/N-ethyl adjacent to an activating group) is 1. The zero-order chi connectivity index (χ0) is 17.4. The lowest BCUT2D eigenvalue weighted by molar-refractivity contribution is -0.346. The second-order valence-corrected chi connectivity index (χ2v) is 6.36. The first kappa shape index (κ1) is 15.5. The highest BCUT2D eigenvalue weighted by Crippen LogP contribution is 2.35. The number of aromatic nitrogens is 4. The number of imidazole rings is 1. The van der Waals surface area contributed by atoms with Crippen LogP contribution in [0.1, 0.15) is 0 Å². The summed E-state index contributed by atoms with van der Waals surface area (Å²) in [6.07, 6.45) is 1.90. The van der Waals surface area contributed by atoms with Gasteiger partial charge in [-0.15, -0.1) is 0 Å². The van der Waals surface area contributed by atoms with Gasteiger partial charge in [0.25, 0.3) is 5.82 Å². The highest BCUT2D eigenvalue weighted by molar-refractivity contribution is 5.98. The van der Waals surface area contributed by atoms with Crippen molar-refractivity contribution in [3.8, 4) is 17.3 Å². The molecule has 3 aromatic heterocycles. The molecule has 4 aromatic rings. The van der Waals surface area contributed by atoms with Crippen molar-refractivity contribution >= 4 is 27.8 Å². The van der Waals surface area contributed by atoms with Crippen molar-refractivity contribution in [2.45, 2.75) is 0 Å². The second kappa shape index (κ2) is 6.10. The molecule has 128 valence electrons. The Morgan fingerprint density at radius 3 is 2.88 bits per heavy atom. The molecule has 0 atom stereocenters. The van der Waals surface area contributed by atoms with E-state index < -0.39 is 0 Å². The van der Waals surface area contributed by atoms with Crippen LogP contribution in [-0.2, 0) is 0 Å². The Morgan fingerprint density at radius 2 is 2.04 bits per heavy atom. The highest BCUT2D eigenvalue weighted by Gasteiger charge is 2.21. The van der Waals surface area contributed by atoms with E-state index >= 15 is 0 Å². The second-order valence-electron chi connectivity index (χ2n) is 6.36. The third kappa shape index (κ3) is 2.89. The number of H-pyrrole nitrogens is 3. The molecule has 4 rings (SSSR count). The average Bonchev–Trinajstić information content (AvgIpc) is 3.13. The van der Waals surface area contributed by atoms with Crippen LogP contribution in [0, 0.1) is 0 Å². The number of hydrogen-bond acceptors (Lipinski definition) is 4. The number of nitrogens with zero attached hydrogens (tertiary/aromatic N) is 2. The zero-order valence-corrected chi connectivity index (χ0v) is 14.2. The minimum Gasteiger partial charge on any atom is -0.494 e. The van der Waals surface area contributed by atoms with Crippen molar-refractivity contribution in [1.29, 1.82) is 0 Å². The smallest absolute Gasteiger partial charge is 0.347 e. The summed E-state index contributed by atoms with van der Waals surface area (Å²) in [4.78, 5) is 16.2. The van der Waals surface area contributed by atoms with Crippen LogP contribution in [0.2, 0.25) is 0 Å². The minimum absolute atomic E-state index is 0.115. The van der Waals surface area contributed by atoms with Crippen molar-refractivity contribution in [3.05, 3.63) is 36.5 Å². The molecule has 0 unspecified atom stereocenters. The normalized spacial score (nSPS) is 11.6. The van der Waals surface area contributed by atoms with Gasteiger partial charge in [0.2, 0.25) is 5.88 Å². The van der Waals surface area contributed by atoms with Crippen molar-refractivity contribution < 1.29 is 10.1 Å². The van der Waals surface area contributed by atoms with Gasteiger partial charge in [-0.1, -0.05) is 18.2 Å². The van der Waals surface area contributed by atoms with Gasteiger partial charge in [-0.3, -0.25) is 0 Å². The lowest BCUT2D eigenvalue weighted by Crippen LogP contribution is -2.21. The summed E-state index contributed by atoms with van der Waals surface area (Å²) in [7, 11) is 4.09. The number of nitrogens with one attached hydrogen (secondary N) is 4. The third-order valence-corrected chi connectivity index (χ3v) is 4.21. The minimum atomic E-state index is 0.115. The summed E-state index contributed by atoms with van der Waals surface area (Å²) in [5.41, 5.74) is 4.19. The van der Waals surface area contributed by atoms with E-state index in [1.807, 2.05) is 50.6 Å². The summed E-state index contributed by atoms with van der Waals surface area (Å²) in [6, 6.07) is 9.79. The van der Waals surface area contributed by atoms with Crippen LogP contribution in [-0.4, -0.2) is 52.1 Å². The first-order chi connectivity index (χ1) is 12.1. The van der Waals surface area contributed by atoms with Gasteiger partial charge in [0.15, 0.2) is 0 Å². The van der Waals surface area contributed by atoms with Gasteiger partial charge < -0.3 is 25.3 Å². The van der Waals surface area contributed by atoms with Gasteiger partial charge in [0.1, 0.15) is 17.3 Å². The quantitative estimate of drug-likeness (QED) is 0.449. The number of hydrogen-bond donors (Lipinski definition) is 4. The predicted molar refractivity (Wildman–Crippen MR) is 98.7 cm³/mol. The zero-order valence-electron chi connectivity index (χ0n) is 14.2. The Labute approximate surface area is 144 Å². The van der Waals surface area contributed by atoms with E-state index in [2.05, 4.69) is 30.2 Å². The van der Waals surface area contributed by atoms with E-state index in [0.717, 1.165) is 40.8 Å². The van der Waals surface area contributed by atoms with Crippen molar-refractivity contribution in [1.82, 2.24) is 19.9 Å². The molecule has 0 spiro atoms. The van der Waals surface area contributed by atoms with Gasteiger partial charge in [0, 0.05) is 24.0 Å². The van der Waals surface area contributed by atoms with E-state index in [-0.39, 0.29) is 5.88 Å². The molecular formula is C18H21N6O+. The van der Waals surface area contributed by atoms with Crippen LogP contribution in [0.25, 0.3) is 33.5 Å². The molecule has 0 amide bonds. The molecule has 0 aliphatic heterocycles. The molecule has 1 aromatic carbocycles. The summed E-state index contributed by atoms with van der Waals surface area (Å²) < 4.78 is 0. The van der Waals surface area contributed by atoms with Crippen LogP contribution in [0.3, 0.4) is 0 Å². The molecule has 0 fully saturated rings. The van der Waals surface area contributed by atoms with Crippen LogP contribution in [0.5, 0.6) is 5.88 Å². The first-order valence-electron chi connectivity index (χ1n) is 8.22. The molecule has 0 saturated carbocycles. The van der Waals surface area contributed by atoms with E-state index in [1.165, 1.54) is 0 Å². The number of fused-ring (bicyclic) bond motifs is 2. The van der Waals surface area contributed by atoms with Crippen molar-refractivity contribution in [2.24, 2.45) is 0 Å². The predicted octanol–water partition coefficient (Wildman–Crippen LogP) is 2.20. The standard InChI is InChI=1S/C18H20N6O/c1-24(2)8-7-19-11-9-14-16(20-10-11)23-17(21-14)15-12-5-3-4-6-13(12)22-18(15)25/h3-6,9-10,19,22,25H,7-8H2,1-2H3,(H,20,21,23)/p+1. The van der Waals surface area contributed by atoms with Crippen LogP contribution >= 0.6 is 0 Å². The van der Waals surface area contributed by atoms with Crippen molar-refractivity contribution in [3.63, 3.8) is 0 Å². The highest BCUT2D eigenvalue weighted by atomic mass is 16.3. The third-order valence-electron chi connectivity index (χ3n) is 4.21. The molecule has 7 heteroatoms. The Kier molecular flexibility index (Phi) is 3.77. The summed E-state index contributed by atoms with van der Waals surface area (Å²) in [5.74, 6) is 0.747. The van der Waals surface area contributed by atoms with Gasteiger partial charge in [-0.2, -0.15) is 0 Å². The fourth-order valence-corrected chi connectivity index (χ4v) is 2.96. The molecule has 3 heterocycles. The van der Waals surface area contributed by atoms with E-state index in [0.29, 0.717) is 11.4 Å². The summed E-state index contributed by atoms with van der Waals surface area (Å²) >= 11 is 0. The SMILES string of the molecule is CN(C)CCNc1c[nH+]c2nc(-c3c(O)[nH]c4ccccc34)[nH]c2c1. The maximum absolute atomic E-state index is 10.3. The number of pyridine rings is 1. The van der Waals surface area contributed by atoms with E-state index in [9.17, 15) is 5.11 Å². The Hall–Kier alpha value is -3.06. The lowest BCUT2D eigenvalue weighted by atomic mass is 10.1. The van der Waals surface area contributed by atoms with Gasteiger partial charge >= 0.3 is 5.65 Å². The first-order valence-corrected chi connectivity index (χ1v) is 8.22. The molecule has 0 bridgehead atoms. The fourth-order valence-electron chi connectivity index (χ4n) is 2.96. The van der Waals surface area contributed by atoms with Crippen molar-refractivity contribution in [2.75, 3.05) is 32.5 Å². The number of aromatic hydroxyl groups is 1. The molecule has 5 N–H and O–H groups in total. The summed E-state index contributed by atoms with van der Waals surface area (Å²) in [5, 5.41) is 14.6. The van der Waals surface area contributed by atoms with Crippen LogP contribution < -0.4 is 10.3 Å². The Bertz CT molecular complexity index is 1030. The molecule has 0 saturated heterocycles. The molecule has 25 heavy (non-hydrogen) atoms.